The van der Waals surface area contributed by atoms with Gasteiger partial charge in [-0.1, -0.05) is 24.3 Å². The van der Waals surface area contributed by atoms with Crippen LogP contribution in [0.5, 0.6) is 11.5 Å². The molecule has 7 nitrogen and oxygen atoms in total. The van der Waals surface area contributed by atoms with Crippen molar-refractivity contribution in [3.63, 3.8) is 0 Å². The van der Waals surface area contributed by atoms with E-state index in [9.17, 15) is 4.79 Å². The molecule has 0 aliphatic carbocycles. The zero-order valence-electron chi connectivity index (χ0n) is 19.3. The first-order chi connectivity index (χ1) is 16.1. The smallest absolute Gasteiger partial charge is 0.229 e. The van der Waals surface area contributed by atoms with E-state index in [2.05, 4.69) is 9.88 Å². The Hall–Kier alpha value is -3.35. The molecule has 1 spiro atoms. The van der Waals surface area contributed by atoms with E-state index in [0.717, 1.165) is 67.7 Å². The highest BCUT2D eigenvalue weighted by Gasteiger charge is 2.46. The standard InChI is InChI=1S/C26H30N4O3/c1-32-22-10-5-7-19(24(22)33-2)18-30-14-6-11-26(25(30)31)12-15-29(16-13-26)23-17-27-20-8-3-4-9-21(20)28-23/h3-5,7-10,17H,6,11-16,18H2,1-2H3. The number of nitrogens with zero attached hydrogens (tertiary/aromatic N) is 4. The number of amides is 1. The summed E-state index contributed by atoms with van der Waals surface area (Å²) in [5.41, 5.74) is 2.50. The topological polar surface area (TPSA) is 67.8 Å². The summed E-state index contributed by atoms with van der Waals surface area (Å²) in [4.78, 5) is 27.3. The molecule has 2 saturated heterocycles. The molecule has 0 atom stereocenters. The van der Waals surface area contributed by atoms with E-state index in [0.29, 0.717) is 18.0 Å². The van der Waals surface area contributed by atoms with Gasteiger partial charge in [0, 0.05) is 31.7 Å². The van der Waals surface area contributed by atoms with Crippen LogP contribution in [0.2, 0.25) is 0 Å². The molecular weight excluding hydrogens is 416 g/mol. The van der Waals surface area contributed by atoms with Gasteiger partial charge in [0.05, 0.1) is 36.9 Å². The molecule has 2 aliphatic rings. The van der Waals surface area contributed by atoms with E-state index >= 15 is 0 Å². The summed E-state index contributed by atoms with van der Waals surface area (Å²) in [7, 11) is 3.28. The van der Waals surface area contributed by atoms with Gasteiger partial charge in [-0.15, -0.1) is 0 Å². The minimum absolute atomic E-state index is 0.267. The van der Waals surface area contributed by atoms with Gasteiger partial charge in [0.15, 0.2) is 11.5 Å². The van der Waals surface area contributed by atoms with Crippen LogP contribution < -0.4 is 14.4 Å². The van der Waals surface area contributed by atoms with Gasteiger partial charge >= 0.3 is 0 Å². The molecule has 2 aliphatic heterocycles. The van der Waals surface area contributed by atoms with Gasteiger partial charge in [-0.05, 0) is 43.9 Å². The van der Waals surface area contributed by atoms with E-state index in [1.54, 1.807) is 14.2 Å². The lowest BCUT2D eigenvalue weighted by molar-refractivity contribution is -0.148. The van der Waals surface area contributed by atoms with Gasteiger partial charge in [0.25, 0.3) is 0 Å². The zero-order valence-corrected chi connectivity index (χ0v) is 19.3. The molecule has 0 bridgehead atoms. The monoisotopic (exact) mass is 446 g/mol. The largest absolute Gasteiger partial charge is 0.493 e. The number of fused-ring (bicyclic) bond motifs is 1. The Labute approximate surface area is 194 Å². The van der Waals surface area contributed by atoms with Crippen molar-refractivity contribution < 1.29 is 14.3 Å². The predicted molar refractivity (Wildman–Crippen MR) is 128 cm³/mol. The van der Waals surface area contributed by atoms with Crippen LogP contribution in [-0.2, 0) is 11.3 Å². The van der Waals surface area contributed by atoms with Crippen molar-refractivity contribution in [3.05, 3.63) is 54.2 Å². The van der Waals surface area contributed by atoms with Crippen LogP contribution in [0.4, 0.5) is 5.82 Å². The number of benzene rings is 2. The lowest BCUT2D eigenvalue weighted by Crippen LogP contribution is -2.53. The third-order valence-electron chi connectivity index (χ3n) is 7.15. The summed E-state index contributed by atoms with van der Waals surface area (Å²) in [5.74, 6) is 2.56. The second-order valence-corrected chi connectivity index (χ2v) is 8.97. The van der Waals surface area contributed by atoms with Crippen molar-refractivity contribution in [1.29, 1.82) is 0 Å². The van der Waals surface area contributed by atoms with E-state index in [4.69, 9.17) is 14.5 Å². The fourth-order valence-corrected chi connectivity index (χ4v) is 5.31. The maximum atomic E-state index is 13.7. The number of para-hydroxylation sites is 3. The summed E-state index contributed by atoms with van der Waals surface area (Å²) in [6, 6.07) is 13.8. The first-order valence-corrected chi connectivity index (χ1v) is 11.6. The number of rotatable bonds is 5. The van der Waals surface area contributed by atoms with Crippen molar-refractivity contribution in [2.24, 2.45) is 5.41 Å². The number of carbonyl (C=O) groups is 1. The van der Waals surface area contributed by atoms with E-state index < -0.39 is 0 Å². The van der Waals surface area contributed by atoms with Crippen LogP contribution in [0.15, 0.2) is 48.7 Å². The summed E-state index contributed by atoms with van der Waals surface area (Å²) in [6.07, 6.45) is 5.51. The molecule has 7 heteroatoms. The molecule has 0 radical (unpaired) electrons. The first-order valence-electron chi connectivity index (χ1n) is 11.6. The summed E-state index contributed by atoms with van der Waals surface area (Å²) < 4.78 is 11.0. The Morgan fingerprint density at radius 3 is 2.48 bits per heavy atom. The maximum Gasteiger partial charge on any atom is 0.229 e. The molecule has 172 valence electrons. The van der Waals surface area contributed by atoms with Crippen molar-refractivity contribution in [3.8, 4) is 11.5 Å². The predicted octanol–water partition coefficient (Wildman–Crippen LogP) is 4.06. The molecule has 3 heterocycles. The van der Waals surface area contributed by atoms with Gasteiger partial charge in [-0.25, -0.2) is 4.98 Å². The molecule has 1 aromatic heterocycles. The highest BCUT2D eigenvalue weighted by Crippen LogP contribution is 2.43. The fraction of sp³-hybridized carbons (Fsp3) is 0.423. The average Bonchev–Trinajstić information content (AvgIpc) is 2.87. The third-order valence-corrected chi connectivity index (χ3v) is 7.15. The molecule has 0 saturated carbocycles. The molecule has 2 fully saturated rings. The number of methoxy groups -OCH3 is 2. The second kappa shape index (κ2) is 8.89. The SMILES string of the molecule is COc1cccc(CN2CCCC3(CCN(c4cnc5ccccc5n4)CC3)C2=O)c1OC. The summed E-state index contributed by atoms with van der Waals surface area (Å²) in [6.45, 7) is 2.95. The quantitative estimate of drug-likeness (QED) is 0.589. The lowest BCUT2D eigenvalue weighted by Gasteiger charge is -2.46. The zero-order chi connectivity index (χ0) is 22.8. The first kappa shape index (κ1) is 21.5. The molecular formula is C26H30N4O3. The van der Waals surface area contributed by atoms with Crippen LogP contribution in [0.3, 0.4) is 0 Å². The average molecular weight is 447 g/mol. The number of carbonyl (C=O) groups excluding carboxylic acids is 1. The van der Waals surface area contributed by atoms with E-state index in [-0.39, 0.29) is 11.3 Å². The number of anilines is 1. The number of likely N-dealkylation sites (tertiary alicyclic amines) is 1. The molecule has 2 aromatic carbocycles. The van der Waals surface area contributed by atoms with Gasteiger partial charge in [0.2, 0.25) is 5.91 Å². The Bertz CT molecular complexity index is 1160. The van der Waals surface area contributed by atoms with Gasteiger partial charge in [-0.2, -0.15) is 0 Å². The molecule has 0 unspecified atom stereocenters. The highest BCUT2D eigenvalue weighted by atomic mass is 16.5. The third kappa shape index (κ3) is 3.96. The number of hydrogen-bond donors (Lipinski definition) is 0. The number of aromatic nitrogens is 2. The Kier molecular flexibility index (Phi) is 5.79. The van der Waals surface area contributed by atoms with Crippen LogP contribution in [0.1, 0.15) is 31.2 Å². The Morgan fingerprint density at radius 2 is 1.73 bits per heavy atom. The summed E-state index contributed by atoms with van der Waals surface area (Å²) >= 11 is 0. The fourth-order valence-electron chi connectivity index (χ4n) is 5.31. The number of ether oxygens (including phenoxy) is 2. The van der Waals surface area contributed by atoms with Crippen LogP contribution in [0, 0.1) is 5.41 Å². The minimum Gasteiger partial charge on any atom is -0.493 e. The number of hydrogen-bond acceptors (Lipinski definition) is 6. The summed E-state index contributed by atoms with van der Waals surface area (Å²) in [5, 5.41) is 0. The maximum absolute atomic E-state index is 13.7. The van der Waals surface area contributed by atoms with E-state index in [1.165, 1.54) is 0 Å². The van der Waals surface area contributed by atoms with Crippen molar-refractivity contribution in [1.82, 2.24) is 14.9 Å². The van der Waals surface area contributed by atoms with Crippen LogP contribution in [0.25, 0.3) is 11.0 Å². The molecule has 33 heavy (non-hydrogen) atoms. The molecule has 3 aromatic rings. The van der Waals surface area contributed by atoms with Gasteiger partial charge in [0.1, 0.15) is 5.82 Å². The minimum atomic E-state index is -0.287. The van der Waals surface area contributed by atoms with Crippen LogP contribution >= 0.6 is 0 Å². The number of piperidine rings is 2. The molecule has 0 N–H and O–H groups in total. The van der Waals surface area contributed by atoms with Crippen molar-refractivity contribution >= 4 is 22.8 Å². The van der Waals surface area contributed by atoms with Gasteiger partial charge < -0.3 is 19.3 Å². The highest BCUT2D eigenvalue weighted by molar-refractivity contribution is 5.84. The normalized spacial score (nSPS) is 18.1. The lowest BCUT2D eigenvalue weighted by atomic mass is 9.71. The Balaban J connectivity index is 1.30. The van der Waals surface area contributed by atoms with Crippen LogP contribution in [-0.4, -0.2) is 54.6 Å². The van der Waals surface area contributed by atoms with Crippen molar-refractivity contribution in [2.45, 2.75) is 32.2 Å². The van der Waals surface area contributed by atoms with E-state index in [1.807, 2.05) is 53.6 Å². The molecule has 1 amide bonds. The van der Waals surface area contributed by atoms with Crippen molar-refractivity contribution in [2.75, 3.05) is 38.8 Å². The Morgan fingerprint density at radius 1 is 0.939 bits per heavy atom. The molecule has 5 rings (SSSR count). The van der Waals surface area contributed by atoms with Gasteiger partial charge in [-0.3, -0.25) is 9.78 Å². The second-order valence-electron chi connectivity index (χ2n) is 8.97.